The molecular formula is C10H20F3NS. The van der Waals surface area contributed by atoms with E-state index in [2.05, 4.69) is 19.2 Å². The molecule has 0 aromatic heterocycles. The molecule has 0 amide bonds. The Kier molecular flexibility index (Phi) is 8.33. The number of nitrogens with one attached hydrogen (secondary N) is 1. The lowest BCUT2D eigenvalue weighted by molar-refractivity contribution is -0.0327. The topological polar surface area (TPSA) is 12.0 Å². The number of thioether (sulfide) groups is 1. The predicted molar refractivity (Wildman–Crippen MR) is 60.1 cm³/mol. The third-order valence-electron chi connectivity index (χ3n) is 2.20. The van der Waals surface area contributed by atoms with E-state index in [0.29, 0.717) is 12.6 Å². The Bertz CT molecular complexity index is 150. The Morgan fingerprint density at radius 1 is 1.27 bits per heavy atom. The third kappa shape index (κ3) is 10.4. The molecular weight excluding hydrogens is 223 g/mol. The van der Waals surface area contributed by atoms with Gasteiger partial charge in [0.15, 0.2) is 0 Å². The lowest BCUT2D eigenvalue weighted by Crippen LogP contribution is -2.30. The van der Waals surface area contributed by atoms with E-state index in [9.17, 15) is 13.2 Å². The number of hydrogen-bond donors (Lipinski definition) is 1. The van der Waals surface area contributed by atoms with Crippen LogP contribution in [0.5, 0.6) is 0 Å². The number of unbranched alkanes of at least 4 members (excludes halogenated alkanes) is 1. The van der Waals surface area contributed by atoms with Crippen LogP contribution in [-0.2, 0) is 0 Å². The van der Waals surface area contributed by atoms with E-state index in [1.165, 1.54) is 0 Å². The molecule has 0 heterocycles. The van der Waals surface area contributed by atoms with Crippen molar-refractivity contribution in [2.24, 2.45) is 0 Å². The van der Waals surface area contributed by atoms with E-state index >= 15 is 0 Å². The van der Waals surface area contributed by atoms with E-state index < -0.39 is 5.51 Å². The number of rotatable bonds is 8. The normalized spacial score (nSPS) is 14.2. The van der Waals surface area contributed by atoms with Crippen molar-refractivity contribution in [3.63, 3.8) is 0 Å². The maximum absolute atomic E-state index is 11.8. The molecule has 15 heavy (non-hydrogen) atoms. The molecule has 0 saturated heterocycles. The van der Waals surface area contributed by atoms with E-state index in [0.717, 1.165) is 25.7 Å². The number of halogens is 3. The van der Waals surface area contributed by atoms with Crippen molar-refractivity contribution < 1.29 is 13.2 Å². The second-order valence-corrected chi connectivity index (χ2v) is 4.66. The summed E-state index contributed by atoms with van der Waals surface area (Å²) in [6.45, 7) is 4.61. The van der Waals surface area contributed by atoms with E-state index in [-0.39, 0.29) is 17.5 Å². The molecule has 5 heteroatoms. The first-order valence-corrected chi connectivity index (χ1v) is 6.42. The fourth-order valence-electron chi connectivity index (χ4n) is 1.33. The van der Waals surface area contributed by atoms with Crippen LogP contribution in [0, 0.1) is 0 Å². The SMILES string of the molecule is CCCCC(CC)NCCSC(F)(F)F. The van der Waals surface area contributed by atoms with Crippen LogP contribution in [0.2, 0.25) is 0 Å². The predicted octanol–water partition coefficient (Wildman–Crippen LogP) is 3.80. The summed E-state index contributed by atoms with van der Waals surface area (Å²) >= 11 is 0.0474. The van der Waals surface area contributed by atoms with Crippen LogP contribution in [0.3, 0.4) is 0 Å². The summed E-state index contributed by atoms with van der Waals surface area (Å²) in [5.74, 6) is 0.103. The van der Waals surface area contributed by atoms with Crippen LogP contribution in [0.4, 0.5) is 13.2 Å². The van der Waals surface area contributed by atoms with Gasteiger partial charge in [-0.25, -0.2) is 0 Å². The molecule has 0 rings (SSSR count). The lowest BCUT2D eigenvalue weighted by Gasteiger charge is -2.16. The molecule has 0 saturated carbocycles. The van der Waals surface area contributed by atoms with E-state index in [1.807, 2.05) is 0 Å². The zero-order valence-corrected chi connectivity index (χ0v) is 10.2. The molecule has 1 nitrogen and oxygen atoms in total. The maximum atomic E-state index is 11.8. The monoisotopic (exact) mass is 243 g/mol. The molecule has 0 fully saturated rings. The molecule has 0 spiro atoms. The highest BCUT2D eigenvalue weighted by molar-refractivity contribution is 8.00. The molecule has 1 atom stereocenters. The van der Waals surface area contributed by atoms with Gasteiger partial charge in [0.2, 0.25) is 0 Å². The third-order valence-corrected chi connectivity index (χ3v) is 2.94. The van der Waals surface area contributed by atoms with Gasteiger partial charge in [-0.2, -0.15) is 13.2 Å². The first-order valence-electron chi connectivity index (χ1n) is 5.43. The standard InChI is InChI=1S/C10H20F3NS/c1-3-5-6-9(4-2)14-7-8-15-10(11,12)13/h9,14H,3-8H2,1-2H3. The number of hydrogen-bond acceptors (Lipinski definition) is 2. The smallest absolute Gasteiger partial charge is 0.313 e. The fourth-order valence-corrected chi connectivity index (χ4v) is 1.78. The summed E-state index contributed by atoms with van der Waals surface area (Å²) < 4.78 is 35.4. The van der Waals surface area contributed by atoms with Gasteiger partial charge in [-0.1, -0.05) is 26.7 Å². The zero-order valence-electron chi connectivity index (χ0n) is 9.36. The lowest BCUT2D eigenvalue weighted by atomic mass is 10.1. The van der Waals surface area contributed by atoms with Crippen molar-refractivity contribution in [1.82, 2.24) is 5.32 Å². The van der Waals surface area contributed by atoms with Crippen LogP contribution < -0.4 is 5.32 Å². The zero-order chi connectivity index (χ0) is 11.7. The minimum atomic E-state index is -4.09. The number of alkyl halides is 3. The summed E-state index contributed by atoms with van der Waals surface area (Å²) in [7, 11) is 0. The summed E-state index contributed by atoms with van der Waals surface area (Å²) in [5, 5.41) is 3.16. The molecule has 0 aliphatic carbocycles. The molecule has 0 aliphatic heterocycles. The second-order valence-electron chi connectivity index (χ2n) is 3.50. The van der Waals surface area contributed by atoms with Crippen molar-refractivity contribution in [3.05, 3.63) is 0 Å². The van der Waals surface area contributed by atoms with E-state index in [1.54, 1.807) is 0 Å². The van der Waals surface area contributed by atoms with Gasteiger partial charge in [-0.05, 0) is 24.6 Å². The Balaban J connectivity index is 3.46. The van der Waals surface area contributed by atoms with Gasteiger partial charge in [-0.15, -0.1) is 0 Å². The Morgan fingerprint density at radius 2 is 1.93 bits per heavy atom. The summed E-state index contributed by atoms with van der Waals surface area (Å²) in [4.78, 5) is 0. The van der Waals surface area contributed by atoms with Gasteiger partial charge in [-0.3, -0.25) is 0 Å². The maximum Gasteiger partial charge on any atom is 0.441 e. The van der Waals surface area contributed by atoms with Crippen LogP contribution in [0.25, 0.3) is 0 Å². The average Bonchev–Trinajstić information content (AvgIpc) is 2.15. The highest BCUT2D eigenvalue weighted by Gasteiger charge is 2.27. The highest BCUT2D eigenvalue weighted by atomic mass is 32.2. The van der Waals surface area contributed by atoms with Gasteiger partial charge in [0.05, 0.1) is 0 Å². The van der Waals surface area contributed by atoms with Crippen LogP contribution >= 0.6 is 11.8 Å². The molecule has 0 radical (unpaired) electrons. The van der Waals surface area contributed by atoms with Crippen molar-refractivity contribution in [1.29, 1.82) is 0 Å². The minimum absolute atomic E-state index is 0.0474. The summed E-state index contributed by atoms with van der Waals surface area (Å²) in [5.41, 5.74) is -4.09. The van der Waals surface area contributed by atoms with Crippen molar-refractivity contribution >= 4 is 11.8 Å². The Labute approximate surface area is 94.2 Å². The van der Waals surface area contributed by atoms with E-state index in [4.69, 9.17) is 0 Å². The van der Waals surface area contributed by atoms with Crippen LogP contribution in [0.1, 0.15) is 39.5 Å². The second kappa shape index (κ2) is 8.28. The summed E-state index contributed by atoms with van der Waals surface area (Å²) in [6, 6.07) is 0.374. The molecule has 1 N–H and O–H groups in total. The molecule has 0 aromatic carbocycles. The Morgan fingerprint density at radius 3 is 2.40 bits per heavy atom. The molecule has 92 valence electrons. The van der Waals surface area contributed by atoms with Gasteiger partial charge < -0.3 is 5.32 Å². The van der Waals surface area contributed by atoms with Crippen molar-refractivity contribution in [3.8, 4) is 0 Å². The highest BCUT2D eigenvalue weighted by Crippen LogP contribution is 2.29. The van der Waals surface area contributed by atoms with Gasteiger partial charge >= 0.3 is 5.51 Å². The molecule has 0 aromatic rings. The summed E-state index contributed by atoms with van der Waals surface area (Å²) in [6.07, 6.45) is 4.31. The quantitative estimate of drug-likeness (QED) is 0.651. The largest absolute Gasteiger partial charge is 0.441 e. The molecule has 1 unspecified atom stereocenters. The van der Waals surface area contributed by atoms with Crippen molar-refractivity contribution in [2.45, 2.75) is 51.1 Å². The van der Waals surface area contributed by atoms with Crippen LogP contribution in [-0.4, -0.2) is 23.8 Å². The Hall–Kier alpha value is 0.100. The molecule has 0 aliphatic rings. The van der Waals surface area contributed by atoms with Crippen molar-refractivity contribution in [2.75, 3.05) is 12.3 Å². The van der Waals surface area contributed by atoms with Gasteiger partial charge in [0.1, 0.15) is 0 Å². The minimum Gasteiger partial charge on any atom is -0.313 e. The average molecular weight is 243 g/mol. The van der Waals surface area contributed by atoms with Gasteiger partial charge in [0, 0.05) is 18.3 Å². The van der Waals surface area contributed by atoms with Crippen LogP contribution in [0.15, 0.2) is 0 Å². The van der Waals surface area contributed by atoms with Gasteiger partial charge in [0.25, 0.3) is 0 Å². The first kappa shape index (κ1) is 15.1. The fraction of sp³-hybridized carbons (Fsp3) is 1.00. The molecule has 0 bridgehead atoms. The first-order chi connectivity index (χ1) is 6.99.